The summed E-state index contributed by atoms with van der Waals surface area (Å²) in [5, 5.41) is 0. The number of rotatable bonds is 6. The average molecular weight is 594 g/mol. The molecule has 220 valence electrons. The summed E-state index contributed by atoms with van der Waals surface area (Å²) in [6.45, 7) is 4.21. The number of fused-ring (bicyclic) bond motifs is 1. The SMILES string of the molecule is COc1ccc(-c2cnc3cccc(-c4cc(F)c(CN5CCS(=O)(=O)CC5)c(F)c4)c3n2)cc1N1CCN(C)CC1. The van der Waals surface area contributed by atoms with Gasteiger partial charge in [-0.1, -0.05) is 12.1 Å². The average Bonchev–Trinajstić information content (AvgIpc) is 2.99. The molecule has 2 aliphatic rings. The molecule has 0 saturated carbocycles. The van der Waals surface area contributed by atoms with Gasteiger partial charge in [0.1, 0.15) is 17.4 Å². The minimum Gasteiger partial charge on any atom is -0.495 e. The fourth-order valence-corrected chi connectivity index (χ4v) is 6.87. The van der Waals surface area contributed by atoms with Gasteiger partial charge in [-0.25, -0.2) is 22.2 Å². The number of benzene rings is 3. The molecule has 11 heteroatoms. The summed E-state index contributed by atoms with van der Waals surface area (Å²) in [7, 11) is 0.695. The molecule has 0 amide bonds. The van der Waals surface area contributed by atoms with Gasteiger partial charge in [0.15, 0.2) is 9.84 Å². The van der Waals surface area contributed by atoms with Crippen LogP contribution in [0, 0.1) is 11.6 Å². The normalized spacial score (nSPS) is 18.0. The summed E-state index contributed by atoms with van der Waals surface area (Å²) in [5.74, 6) is -0.569. The monoisotopic (exact) mass is 593 g/mol. The third-order valence-corrected chi connectivity index (χ3v) is 9.77. The first-order chi connectivity index (χ1) is 20.2. The topological polar surface area (TPSA) is 78.9 Å². The number of para-hydroxylation sites is 1. The first-order valence-electron chi connectivity index (χ1n) is 14.0. The molecular formula is C31H33F2N5O3S. The van der Waals surface area contributed by atoms with Crippen molar-refractivity contribution in [3.63, 3.8) is 0 Å². The van der Waals surface area contributed by atoms with Crippen molar-refractivity contribution in [3.05, 3.63) is 71.9 Å². The zero-order chi connectivity index (χ0) is 29.4. The second-order valence-corrected chi connectivity index (χ2v) is 13.3. The van der Waals surface area contributed by atoms with Crippen molar-refractivity contribution in [2.75, 3.05) is 69.8 Å². The Morgan fingerprint density at radius 2 is 1.62 bits per heavy atom. The second-order valence-electron chi connectivity index (χ2n) is 11.0. The fraction of sp³-hybridized carbons (Fsp3) is 0.355. The number of ether oxygens (including phenoxy) is 1. The van der Waals surface area contributed by atoms with Crippen LogP contribution in [0.15, 0.2) is 54.7 Å². The zero-order valence-electron chi connectivity index (χ0n) is 23.7. The molecule has 2 fully saturated rings. The van der Waals surface area contributed by atoms with Crippen LogP contribution in [-0.4, -0.2) is 93.1 Å². The molecule has 3 heterocycles. The minimum absolute atomic E-state index is 0.00358. The number of sulfone groups is 1. The molecule has 0 unspecified atom stereocenters. The Morgan fingerprint density at radius 1 is 0.905 bits per heavy atom. The molecule has 42 heavy (non-hydrogen) atoms. The quantitative estimate of drug-likeness (QED) is 0.329. The third-order valence-electron chi connectivity index (χ3n) is 8.16. The number of hydrogen-bond acceptors (Lipinski definition) is 8. The van der Waals surface area contributed by atoms with Crippen molar-refractivity contribution in [2.45, 2.75) is 6.54 Å². The van der Waals surface area contributed by atoms with Gasteiger partial charge < -0.3 is 14.5 Å². The van der Waals surface area contributed by atoms with E-state index in [0.717, 1.165) is 43.2 Å². The maximum Gasteiger partial charge on any atom is 0.152 e. The van der Waals surface area contributed by atoms with Crippen molar-refractivity contribution in [1.82, 2.24) is 19.8 Å². The van der Waals surface area contributed by atoms with E-state index >= 15 is 8.78 Å². The minimum atomic E-state index is -3.08. The van der Waals surface area contributed by atoms with Gasteiger partial charge in [-0.2, -0.15) is 0 Å². The van der Waals surface area contributed by atoms with Crippen LogP contribution >= 0.6 is 0 Å². The van der Waals surface area contributed by atoms with E-state index in [2.05, 4.69) is 27.9 Å². The number of likely N-dealkylation sites (N-methyl/N-ethyl adjacent to an activating group) is 1. The molecule has 0 aliphatic carbocycles. The summed E-state index contributed by atoms with van der Waals surface area (Å²) in [4.78, 5) is 15.9. The lowest BCUT2D eigenvalue weighted by Crippen LogP contribution is -2.44. The van der Waals surface area contributed by atoms with Crippen LogP contribution in [0.3, 0.4) is 0 Å². The Kier molecular flexibility index (Phi) is 7.82. The van der Waals surface area contributed by atoms with E-state index in [1.54, 1.807) is 30.3 Å². The molecule has 0 radical (unpaired) electrons. The van der Waals surface area contributed by atoms with E-state index in [-0.39, 0.29) is 36.7 Å². The Hall–Kier alpha value is -3.67. The molecule has 0 atom stereocenters. The standard InChI is InChI=1S/C31H33F2N5O3S/c1-36-8-10-38(11-9-36)29-18-21(6-7-30(29)41-2)28-19-34-27-5-3-4-23(31(27)35-28)22-16-25(32)24(26(33)17-22)20-37-12-14-42(39,40)15-13-37/h3-7,16-19H,8-15,20H2,1-2H3. The van der Waals surface area contributed by atoms with Gasteiger partial charge in [-0.15, -0.1) is 0 Å². The fourth-order valence-electron chi connectivity index (χ4n) is 5.59. The lowest BCUT2D eigenvalue weighted by Gasteiger charge is -2.35. The molecule has 0 spiro atoms. The predicted molar refractivity (Wildman–Crippen MR) is 161 cm³/mol. The van der Waals surface area contributed by atoms with Gasteiger partial charge in [0, 0.05) is 62.5 Å². The Bertz CT molecular complexity index is 1710. The first kappa shape index (κ1) is 28.4. The lowest BCUT2D eigenvalue weighted by molar-refractivity contribution is 0.278. The van der Waals surface area contributed by atoms with Gasteiger partial charge >= 0.3 is 0 Å². The highest BCUT2D eigenvalue weighted by molar-refractivity contribution is 7.91. The van der Waals surface area contributed by atoms with Gasteiger partial charge in [-0.05, 0) is 49.0 Å². The molecular weight excluding hydrogens is 560 g/mol. The lowest BCUT2D eigenvalue weighted by atomic mass is 10.0. The van der Waals surface area contributed by atoms with Crippen LogP contribution in [0.4, 0.5) is 14.5 Å². The Morgan fingerprint density at radius 3 is 2.31 bits per heavy atom. The van der Waals surface area contributed by atoms with E-state index in [0.29, 0.717) is 27.9 Å². The van der Waals surface area contributed by atoms with Gasteiger partial charge in [0.05, 0.1) is 47.2 Å². The second kappa shape index (κ2) is 11.5. The van der Waals surface area contributed by atoms with E-state index < -0.39 is 21.5 Å². The first-order valence-corrected chi connectivity index (χ1v) is 15.8. The summed E-state index contributed by atoms with van der Waals surface area (Å²) in [6, 6.07) is 14.0. The van der Waals surface area contributed by atoms with Gasteiger partial charge in [-0.3, -0.25) is 9.88 Å². The number of nitrogens with zero attached hydrogens (tertiary/aromatic N) is 5. The van der Waals surface area contributed by atoms with E-state index in [1.807, 2.05) is 18.2 Å². The van der Waals surface area contributed by atoms with Crippen molar-refractivity contribution in [3.8, 4) is 28.1 Å². The summed E-state index contributed by atoms with van der Waals surface area (Å²) >= 11 is 0. The van der Waals surface area contributed by atoms with Crippen LogP contribution in [0.25, 0.3) is 33.4 Å². The number of aromatic nitrogens is 2. The molecule has 2 saturated heterocycles. The predicted octanol–water partition coefficient (Wildman–Crippen LogP) is 4.23. The molecule has 0 N–H and O–H groups in total. The zero-order valence-corrected chi connectivity index (χ0v) is 24.5. The van der Waals surface area contributed by atoms with Crippen LogP contribution in [-0.2, 0) is 16.4 Å². The molecule has 1 aromatic heterocycles. The molecule has 0 bridgehead atoms. The molecule has 6 rings (SSSR count). The van der Waals surface area contributed by atoms with Crippen molar-refractivity contribution in [1.29, 1.82) is 0 Å². The Labute approximate surface area is 244 Å². The number of methoxy groups -OCH3 is 1. The van der Waals surface area contributed by atoms with Gasteiger partial charge in [0.2, 0.25) is 0 Å². The smallest absolute Gasteiger partial charge is 0.152 e. The Balaban J connectivity index is 1.33. The van der Waals surface area contributed by atoms with Crippen LogP contribution < -0.4 is 9.64 Å². The van der Waals surface area contributed by atoms with Crippen molar-refractivity contribution < 1.29 is 21.9 Å². The molecule has 4 aromatic rings. The van der Waals surface area contributed by atoms with E-state index in [1.165, 1.54) is 12.1 Å². The molecule has 2 aliphatic heterocycles. The number of piperazine rings is 1. The highest BCUT2D eigenvalue weighted by atomic mass is 32.2. The summed E-state index contributed by atoms with van der Waals surface area (Å²) < 4.78 is 59.8. The highest BCUT2D eigenvalue weighted by Crippen LogP contribution is 2.35. The largest absolute Gasteiger partial charge is 0.495 e. The maximum atomic E-state index is 15.3. The van der Waals surface area contributed by atoms with E-state index in [9.17, 15) is 8.42 Å². The maximum absolute atomic E-state index is 15.3. The number of halogens is 2. The van der Waals surface area contributed by atoms with Gasteiger partial charge in [0.25, 0.3) is 0 Å². The van der Waals surface area contributed by atoms with Crippen molar-refractivity contribution >= 4 is 26.6 Å². The number of anilines is 1. The highest BCUT2D eigenvalue weighted by Gasteiger charge is 2.24. The third kappa shape index (κ3) is 5.81. The summed E-state index contributed by atoms with van der Waals surface area (Å²) in [5.41, 5.74) is 4.52. The van der Waals surface area contributed by atoms with Crippen LogP contribution in [0.2, 0.25) is 0 Å². The van der Waals surface area contributed by atoms with Crippen LogP contribution in [0.1, 0.15) is 5.56 Å². The van der Waals surface area contributed by atoms with E-state index in [4.69, 9.17) is 9.72 Å². The number of hydrogen-bond donors (Lipinski definition) is 0. The van der Waals surface area contributed by atoms with Crippen molar-refractivity contribution in [2.24, 2.45) is 0 Å². The molecule has 8 nitrogen and oxygen atoms in total. The van der Waals surface area contributed by atoms with Crippen LogP contribution in [0.5, 0.6) is 5.75 Å². The summed E-state index contributed by atoms with van der Waals surface area (Å²) in [6.07, 6.45) is 1.71. The molecule has 3 aromatic carbocycles.